The van der Waals surface area contributed by atoms with E-state index >= 15 is 0 Å². The van der Waals surface area contributed by atoms with Crippen LogP contribution in [0, 0.1) is 10.1 Å². The number of ether oxygens (including phenoxy) is 1. The molecule has 1 aromatic heterocycles. The lowest BCUT2D eigenvalue weighted by Gasteiger charge is -2.15. The molecule has 0 aliphatic rings. The van der Waals surface area contributed by atoms with Gasteiger partial charge in [-0.05, 0) is 24.3 Å². The number of hydrogen-bond acceptors (Lipinski definition) is 5. The molecule has 27 heavy (non-hydrogen) atoms. The fraction of sp³-hybridized carbons (Fsp3) is 0.125. The fourth-order valence-corrected chi connectivity index (χ4v) is 2.82. The molecule has 11 heteroatoms. The number of nitro benzene ring substituents is 1. The van der Waals surface area contributed by atoms with Crippen LogP contribution in [-0.4, -0.2) is 21.6 Å². The molecule has 0 atom stereocenters. The number of halogens is 4. The van der Waals surface area contributed by atoms with Gasteiger partial charge in [-0.15, -0.1) is 0 Å². The molecule has 0 fully saturated rings. The predicted octanol–water partition coefficient (Wildman–Crippen LogP) is 3.97. The van der Waals surface area contributed by atoms with E-state index in [1.165, 1.54) is 6.07 Å². The highest BCUT2D eigenvalue weighted by Gasteiger charge is 2.31. The maximum atomic E-state index is 12.9. The summed E-state index contributed by atoms with van der Waals surface area (Å²) < 4.78 is 44.8. The first-order valence-electron chi connectivity index (χ1n) is 7.25. The molecule has 0 aliphatic heterocycles. The minimum absolute atomic E-state index is 0.00497. The molecule has 3 aromatic rings. The van der Waals surface area contributed by atoms with Gasteiger partial charge in [0, 0.05) is 11.1 Å². The number of hydrogen-bond donors (Lipinski definition) is 0. The van der Waals surface area contributed by atoms with Crippen LogP contribution in [-0.2, 0) is 6.18 Å². The maximum absolute atomic E-state index is 12.9. The van der Waals surface area contributed by atoms with E-state index in [9.17, 15) is 28.1 Å². The fourth-order valence-electron chi connectivity index (χ4n) is 2.62. The van der Waals surface area contributed by atoms with E-state index in [0.717, 1.165) is 42.1 Å². The summed E-state index contributed by atoms with van der Waals surface area (Å²) in [6, 6.07) is 4.90. The van der Waals surface area contributed by atoms with E-state index in [0.29, 0.717) is 0 Å². The van der Waals surface area contributed by atoms with Crippen LogP contribution in [0.15, 0.2) is 41.3 Å². The summed E-state index contributed by atoms with van der Waals surface area (Å²) in [4.78, 5) is 26.6. The van der Waals surface area contributed by atoms with E-state index in [-0.39, 0.29) is 27.5 Å². The van der Waals surface area contributed by atoms with Crippen molar-refractivity contribution in [2.45, 2.75) is 6.18 Å². The summed E-state index contributed by atoms with van der Waals surface area (Å²) in [5, 5.41) is 11.2. The summed E-state index contributed by atoms with van der Waals surface area (Å²) in [6.45, 7) is 0. The van der Waals surface area contributed by atoms with Crippen molar-refractivity contribution in [1.29, 1.82) is 0 Å². The van der Waals surface area contributed by atoms with E-state index in [2.05, 4.69) is 4.98 Å². The molecule has 0 bridgehead atoms. The van der Waals surface area contributed by atoms with Gasteiger partial charge >= 0.3 is 11.9 Å². The zero-order valence-corrected chi connectivity index (χ0v) is 14.2. The third-order valence-electron chi connectivity index (χ3n) is 3.73. The Morgan fingerprint density at radius 2 is 1.96 bits per heavy atom. The first-order valence-corrected chi connectivity index (χ1v) is 7.62. The van der Waals surface area contributed by atoms with Gasteiger partial charge in [-0.2, -0.15) is 13.2 Å². The minimum Gasteiger partial charge on any atom is -0.489 e. The van der Waals surface area contributed by atoms with Crippen LogP contribution in [0.3, 0.4) is 0 Å². The molecule has 0 aliphatic carbocycles. The Labute approximate surface area is 153 Å². The highest BCUT2D eigenvalue weighted by Crippen LogP contribution is 2.37. The Bertz CT molecular complexity index is 1130. The number of alkyl halides is 3. The van der Waals surface area contributed by atoms with E-state index in [1.54, 1.807) is 0 Å². The van der Waals surface area contributed by atoms with Gasteiger partial charge in [0.15, 0.2) is 0 Å². The van der Waals surface area contributed by atoms with Crippen molar-refractivity contribution in [3.05, 3.63) is 67.6 Å². The van der Waals surface area contributed by atoms with Crippen molar-refractivity contribution in [2.75, 3.05) is 7.11 Å². The summed E-state index contributed by atoms with van der Waals surface area (Å²) >= 11 is 5.92. The number of fused-ring (bicyclic) bond motifs is 1. The van der Waals surface area contributed by atoms with Crippen molar-refractivity contribution < 1.29 is 22.8 Å². The summed E-state index contributed by atoms with van der Waals surface area (Å²) in [6.07, 6.45) is -3.78. The van der Waals surface area contributed by atoms with Crippen LogP contribution in [0.5, 0.6) is 5.75 Å². The molecule has 3 rings (SSSR count). The number of methoxy groups -OCH3 is 1. The van der Waals surface area contributed by atoms with Gasteiger partial charge in [-0.1, -0.05) is 11.6 Å². The molecule has 0 unspecified atom stereocenters. The third kappa shape index (κ3) is 3.31. The van der Waals surface area contributed by atoms with Crippen molar-refractivity contribution >= 4 is 28.3 Å². The quantitative estimate of drug-likeness (QED) is 0.491. The van der Waals surface area contributed by atoms with Crippen LogP contribution in [0.25, 0.3) is 16.7 Å². The number of nitro groups is 1. The number of benzene rings is 2. The Hall–Kier alpha value is -3.14. The molecule has 0 saturated carbocycles. The van der Waals surface area contributed by atoms with Crippen LogP contribution in [0.1, 0.15) is 5.56 Å². The predicted molar refractivity (Wildman–Crippen MR) is 90.6 cm³/mol. The first kappa shape index (κ1) is 18.6. The molecular weight excluding hydrogens is 391 g/mol. The molecule has 0 radical (unpaired) electrons. The lowest BCUT2D eigenvalue weighted by atomic mass is 10.1. The second kappa shape index (κ2) is 6.54. The second-order valence-electron chi connectivity index (χ2n) is 5.37. The van der Waals surface area contributed by atoms with Gasteiger partial charge in [0.05, 0.1) is 34.8 Å². The lowest BCUT2D eigenvalue weighted by molar-refractivity contribution is -0.385. The van der Waals surface area contributed by atoms with Crippen molar-refractivity contribution in [3.8, 4) is 11.4 Å². The Morgan fingerprint density at radius 1 is 1.26 bits per heavy atom. The molecule has 140 valence electrons. The standard InChI is InChI=1S/C16H9ClF3N3O4/c1-27-15-12(5-9(17)6-13(15)23(25)26)22-11-3-2-8(16(18,19)20)4-10(11)21-7-14(22)24/h2-7H,1H3. The Kier molecular flexibility index (Phi) is 4.52. The van der Waals surface area contributed by atoms with E-state index < -0.39 is 27.9 Å². The van der Waals surface area contributed by atoms with Gasteiger partial charge in [0.1, 0.15) is 5.69 Å². The summed E-state index contributed by atoms with van der Waals surface area (Å²) in [7, 11) is 1.16. The van der Waals surface area contributed by atoms with Crippen LogP contribution < -0.4 is 10.3 Å². The summed E-state index contributed by atoms with van der Waals surface area (Å²) in [5.74, 6) is -0.265. The topological polar surface area (TPSA) is 87.3 Å². The average molecular weight is 400 g/mol. The smallest absolute Gasteiger partial charge is 0.416 e. The molecule has 0 spiro atoms. The van der Waals surface area contributed by atoms with Gasteiger partial charge in [-0.25, -0.2) is 4.98 Å². The van der Waals surface area contributed by atoms with Crippen LogP contribution in [0.2, 0.25) is 5.02 Å². The number of aromatic nitrogens is 2. The second-order valence-corrected chi connectivity index (χ2v) is 5.80. The van der Waals surface area contributed by atoms with Crippen LogP contribution >= 0.6 is 11.6 Å². The number of rotatable bonds is 3. The van der Waals surface area contributed by atoms with Crippen molar-refractivity contribution in [3.63, 3.8) is 0 Å². The Morgan fingerprint density at radius 3 is 2.56 bits per heavy atom. The average Bonchev–Trinajstić information content (AvgIpc) is 2.59. The first-order chi connectivity index (χ1) is 12.6. The molecular formula is C16H9ClF3N3O4. The number of nitrogens with zero attached hydrogens (tertiary/aromatic N) is 3. The molecule has 0 N–H and O–H groups in total. The molecule has 0 amide bonds. The largest absolute Gasteiger partial charge is 0.489 e. The van der Waals surface area contributed by atoms with E-state index in [4.69, 9.17) is 16.3 Å². The zero-order chi connectivity index (χ0) is 19.9. The van der Waals surface area contributed by atoms with Gasteiger partial charge in [-0.3, -0.25) is 19.5 Å². The summed E-state index contributed by atoms with van der Waals surface area (Å²) in [5.41, 5.74) is -2.38. The monoisotopic (exact) mass is 399 g/mol. The third-order valence-corrected chi connectivity index (χ3v) is 3.95. The van der Waals surface area contributed by atoms with Gasteiger partial charge < -0.3 is 4.74 Å². The van der Waals surface area contributed by atoms with Gasteiger partial charge in [0.25, 0.3) is 5.56 Å². The van der Waals surface area contributed by atoms with E-state index in [1.807, 2.05) is 0 Å². The normalized spacial score (nSPS) is 11.6. The maximum Gasteiger partial charge on any atom is 0.416 e. The van der Waals surface area contributed by atoms with Gasteiger partial charge in [0.2, 0.25) is 5.75 Å². The van der Waals surface area contributed by atoms with Crippen LogP contribution in [0.4, 0.5) is 18.9 Å². The van der Waals surface area contributed by atoms with Crippen molar-refractivity contribution in [1.82, 2.24) is 9.55 Å². The molecule has 1 heterocycles. The molecule has 7 nitrogen and oxygen atoms in total. The SMILES string of the molecule is COc1c(-n2c(=O)cnc3cc(C(F)(F)F)ccc32)cc(Cl)cc1[N+](=O)[O-]. The lowest BCUT2D eigenvalue weighted by Crippen LogP contribution is -2.20. The molecule has 0 saturated heterocycles. The zero-order valence-electron chi connectivity index (χ0n) is 13.5. The van der Waals surface area contributed by atoms with Crippen molar-refractivity contribution in [2.24, 2.45) is 0 Å². The molecule has 2 aromatic carbocycles. The minimum atomic E-state index is -4.59. The Balaban J connectivity index is 2.40. The highest BCUT2D eigenvalue weighted by atomic mass is 35.5. The highest BCUT2D eigenvalue weighted by molar-refractivity contribution is 6.31.